The quantitative estimate of drug-likeness (QED) is 0.538. The Morgan fingerprint density at radius 2 is 1.92 bits per heavy atom. The van der Waals surface area contributed by atoms with Crippen LogP contribution in [0.3, 0.4) is 0 Å². The molecule has 12 heavy (non-hydrogen) atoms. The van der Waals surface area contributed by atoms with Crippen LogP contribution in [0, 0.1) is 5.92 Å². The van der Waals surface area contributed by atoms with Crippen LogP contribution in [-0.2, 0) is 0 Å². The lowest BCUT2D eigenvalue weighted by molar-refractivity contribution is 0.650. The van der Waals surface area contributed by atoms with Gasteiger partial charge >= 0.3 is 0 Å². The molecule has 0 rings (SSSR count). The van der Waals surface area contributed by atoms with Crippen LogP contribution in [0.5, 0.6) is 0 Å². The molecule has 0 aromatic heterocycles. The van der Waals surface area contributed by atoms with E-state index in [-0.39, 0.29) is 0 Å². The third-order valence-electron chi connectivity index (χ3n) is 1.42. The van der Waals surface area contributed by atoms with Crippen molar-refractivity contribution in [2.24, 2.45) is 5.92 Å². The van der Waals surface area contributed by atoms with Gasteiger partial charge in [-0.05, 0) is 17.9 Å². The number of allylic oxidation sites excluding steroid dienone is 6. The Hall–Kier alpha value is -1.04. The first-order chi connectivity index (χ1) is 5.70. The fourth-order valence-corrected chi connectivity index (χ4v) is 1.01. The highest BCUT2D eigenvalue weighted by Crippen LogP contribution is 2.11. The molecule has 0 aliphatic carbocycles. The van der Waals surface area contributed by atoms with E-state index in [4.69, 9.17) is 0 Å². The molecule has 0 aromatic carbocycles. The minimum atomic E-state index is 0.686. The molecule has 0 aliphatic heterocycles. The highest BCUT2D eigenvalue weighted by Gasteiger charge is 1.95. The van der Waals surface area contributed by atoms with Crippen LogP contribution in [0.1, 0.15) is 20.3 Å². The van der Waals surface area contributed by atoms with Gasteiger partial charge in [-0.25, -0.2) is 0 Å². The predicted octanol–water partition coefficient (Wildman–Crippen LogP) is 3.89. The van der Waals surface area contributed by atoms with Crippen molar-refractivity contribution in [1.82, 2.24) is 0 Å². The van der Waals surface area contributed by atoms with E-state index in [0.717, 1.165) is 6.42 Å². The van der Waals surface area contributed by atoms with E-state index in [9.17, 15) is 0 Å². The van der Waals surface area contributed by atoms with E-state index in [1.807, 2.05) is 18.2 Å². The largest absolute Gasteiger partial charge is 0.0991 e. The van der Waals surface area contributed by atoms with Crippen LogP contribution >= 0.6 is 0 Å². The Bertz CT molecular complexity index is 192. The molecule has 0 heterocycles. The van der Waals surface area contributed by atoms with Gasteiger partial charge in [0.2, 0.25) is 0 Å². The fourth-order valence-electron chi connectivity index (χ4n) is 1.01. The maximum atomic E-state index is 3.68. The molecule has 0 unspecified atom stereocenters. The molecule has 0 aliphatic rings. The zero-order valence-electron chi connectivity index (χ0n) is 8.09. The lowest BCUT2D eigenvalue weighted by Gasteiger charge is -2.03. The standard InChI is InChI=1S/C12H18/c1-5-7-9-12(8-6-2)10-11(3)4/h5-9,11H,1-2,10H2,3-4H3/b9-7-,12-8+. The zero-order chi connectivity index (χ0) is 9.40. The Morgan fingerprint density at radius 1 is 1.25 bits per heavy atom. The molecule has 0 aromatic rings. The van der Waals surface area contributed by atoms with Gasteiger partial charge in [0.05, 0.1) is 0 Å². The normalized spacial score (nSPS) is 12.4. The highest BCUT2D eigenvalue weighted by atomic mass is 14.0. The van der Waals surface area contributed by atoms with Gasteiger partial charge in [0.15, 0.2) is 0 Å². The minimum Gasteiger partial charge on any atom is -0.0991 e. The molecule has 0 atom stereocenters. The van der Waals surface area contributed by atoms with Crippen LogP contribution in [0.15, 0.2) is 49.1 Å². The fraction of sp³-hybridized carbons (Fsp3) is 0.333. The van der Waals surface area contributed by atoms with Gasteiger partial charge in [0, 0.05) is 0 Å². The van der Waals surface area contributed by atoms with E-state index in [2.05, 4.69) is 33.1 Å². The lowest BCUT2D eigenvalue weighted by Crippen LogP contribution is -1.88. The minimum absolute atomic E-state index is 0.686. The average Bonchev–Trinajstić information content (AvgIpc) is 2.00. The third kappa shape index (κ3) is 5.72. The number of hydrogen-bond donors (Lipinski definition) is 0. The summed E-state index contributed by atoms with van der Waals surface area (Å²) in [5.41, 5.74) is 1.31. The summed E-state index contributed by atoms with van der Waals surface area (Å²) in [5.74, 6) is 0.686. The van der Waals surface area contributed by atoms with Crippen LogP contribution in [0.2, 0.25) is 0 Å². The van der Waals surface area contributed by atoms with Gasteiger partial charge in [-0.2, -0.15) is 0 Å². The molecule has 0 nitrogen and oxygen atoms in total. The van der Waals surface area contributed by atoms with Crippen LogP contribution < -0.4 is 0 Å². The number of hydrogen-bond acceptors (Lipinski definition) is 0. The van der Waals surface area contributed by atoms with Gasteiger partial charge in [-0.1, -0.05) is 57.4 Å². The summed E-state index contributed by atoms with van der Waals surface area (Å²) in [6.07, 6.45) is 10.8. The number of rotatable bonds is 5. The summed E-state index contributed by atoms with van der Waals surface area (Å²) < 4.78 is 0. The van der Waals surface area contributed by atoms with E-state index in [0.29, 0.717) is 5.92 Å². The van der Waals surface area contributed by atoms with Crippen molar-refractivity contribution in [3.63, 3.8) is 0 Å². The van der Waals surface area contributed by atoms with Crippen molar-refractivity contribution >= 4 is 0 Å². The van der Waals surface area contributed by atoms with Gasteiger partial charge in [0.1, 0.15) is 0 Å². The molecule has 0 heteroatoms. The van der Waals surface area contributed by atoms with Crippen molar-refractivity contribution in [3.05, 3.63) is 49.1 Å². The first kappa shape index (κ1) is 11.0. The summed E-state index contributed by atoms with van der Waals surface area (Å²) in [5, 5.41) is 0. The molecular formula is C12H18. The highest BCUT2D eigenvalue weighted by molar-refractivity contribution is 5.25. The van der Waals surface area contributed by atoms with Crippen molar-refractivity contribution in [2.45, 2.75) is 20.3 Å². The topological polar surface area (TPSA) is 0 Å². The van der Waals surface area contributed by atoms with Crippen LogP contribution in [-0.4, -0.2) is 0 Å². The second-order valence-corrected chi connectivity index (χ2v) is 3.17. The molecule has 0 saturated carbocycles. The van der Waals surface area contributed by atoms with Gasteiger partial charge in [-0.15, -0.1) is 0 Å². The SMILES string of the molecule is C=C/C=C\C(=C/C=C)CC(C)C. The van der Waals surface area contributed by atoms with Gasteiger partial charge in [0.25, 0.3) is 0 Å². The Labute approximate surface area is 76.0 Å². The van der Waals surface area contributed by atoms with Crippen LogP contribution in [0.4, 0.5) is 0 Å². The second-order valence-electron chi connectivity index (χ2n) is 3.17. The molecule has 0 radical (unpaired) electrons. The van der Waals surface area contributed by atoms with Crippen molar-refractivity contribution < 1.29 is 0 Å². The molecule has 0 fully saturated rings. The predicted molar refractivity (Wildman–Crippen MR) is 57.1 cm³/mol. The molecule has 0 N–H and O–H groups in total. The molecule has 66 valence electrons. The summed E-state index contributed by atoms with van der Waals surface area (Å²) in [6, 6.07) is 0. The van der Waals surface area contributed by atoms with Crippen LogP contribution in [0.25, 0.3) is 0 Å². The first-order valence-corrected chi connectivity index (χ1v) is 4.31. The van der Waals surface area contributed by atoms with Gasteiger partial charge in [-0.3, -0.25) is 0 Å². The molecule has 0 bridgehead atoms. The summed E-state index contributed by atoms with van der Waals surface area (Å²) >= 11 is 0. The van der Waals surface area contributed by atoms with E-state index < -0.39 is 0 Å². The van der Waals surface area contributed by atoms with Crippen molar-refractivity contribution in [3.8, 4) is 0 Å². The maximum absolute atomic E-state index is 3.68. The molecule has 0 spiro atoms. The summed E-state index contributed by atoms with van der Waals surface area (Å²) in [7, 11) is 0. The third-order valence-corrected chi connectivity index (χ3v) is 1.42. The second kappa shape index (κ2) is 6.66. The molecule has 0 amide bonds. The average molecular weight is 162 g/mol. The van der Waals surface area contributed by atoms with Crippen molar-refractivity contribution in [2.75, 3.05) is 0 Å². The first-order valence-electron chi connectivity index (χ1n) is 4.31. The lowest BCUT2D eigenvalue weighted by atomic mass is 10.0. The molecule has 0 saturated heterocycles. The monoisotopic (exact) mass is 162 g/mol. The van der Waals surface area contributed by atoms with E-state index in [1.165, 1.54) is 5.57 Å². The summed E-state index contributed by atoms with van der Waals surface area (Å²) in [4.78, 5) is 0. The Morgan fingerprint density at radius 3 is 2.33 bits per heavy atom. The Kier molecular flexibility index (Phi) is 6.08. The zero-order valence-corrected chi connectivity index (χ0v) is 8.09. The van der Waals surface area contributed by atoms with E-state index in [1.54, 1.807) is 6.08 Å². The Balaban J connectivity index is 4.23. The summed E-state index contributed by atoms with van der Waals surface area (Å²) in [6.45, 7) is 11.7. The van der Waals surface area contributed by atoms with Crippen molar-refractivity contribution in [1.29, 1.82) is 0 Å². The smallest absolute Gasteiger partial charge is 0.0256 e. The van der Waals surface area contributed by atoms with Gasteiger partial charge < -0.3 is 0 Å². The maximum Gasteiger partial charge on any atom is -0.0256 e. The van der Waals surface area contributed by atoms with E-state index >= 15 is 0 Å². The molecular weight excluding hydrogens is 144 g/mol.